The Morgan fingerprint density at radius 3 is 1.17 bits per heavy atom. The van der Waals surface area contributed by atoms with E-state index in [9.17, 15) is 28.8 Å². The molecule has 0 bridgehead atoms. The number of hydrogen-bond acceptors (Lipinski definition) is 6. The molecule has 8 amide bonds. The first-order valence-corrected chi connectivity index (χ1v) is 18.1. The van der Waals surface area contributed by atoms with Crippen LogP contribution >= 0.6 is 0 Å². The fraction of sp³-hybridized carbons (Fsp3) is 0.667. The van der Waals surface area contributed by atoms with E-state index in [2.05, 4.69) is 10.6 Å². The summed E-state index contributed by atoms with van der Waals surface area (Å²) in [5.74, 6) is -2.71. The van der Waals surface area contributed by atoms with Crippen molar-refractivity contribution in [1.29, 1.82) is 0 Å². The van der Waals surface area contributed by atoms with E-state index in [4.69, 9.17) is 0 Å². The van der Waals surface area contributed by atoms with Crippen molar-refractivity contribution in [2.45, 2.75) is 63.3 Å². The van der Waals surface area contributed by atoms with Gasteiger partial charge in [-0.1, -0.05) is 0 Å². The minimum absolute atomic E-state index is 0.173. The molecule has 0 saturated carbocycles. The van der Waals surface area contributed by atoms with Gasteiger partial charge in [0.1, 0.15) is 0 Å². The predicted molar refractivity (Wildman–Crippen MR) is 104 cm³/mol. The van der Waals surface area contributed by atoms with E-state index in [1.165, 1.54) is 0 Å². The third-order valence-corrected chi connectivity index (χ3v) is 15.0. The Kier molecular flexibility index (Phi) is 6.18. The van der Waals surface area contributed by atoms with Gasteiger partial charge in [0.2, 0.25) is 0 Å². The monoisotopic (exact) mass is 516 g/mol. The SMILES string of the molecule is CCC1(CC)C(=O)NC(=O)[N]([Sn]([CH3])([CH3])[N]2C(=O)NC(=O)C(CC)(CC)C2=O)C1=O. The molecule has 0 aromatic carbocycles. The fourth-order valence-electron chi connectivity index (χ4n) is 4.19. The van der Waals surface area contributed by atoms with Crippen LogP contribution in [0.5, 0.6) is 0 Å². The van der Waals surface area contributed by atoms with Crippen LogP contribution < -0.4 is 10.6 Å². The predicted octanol–water partition coefficient (Wildman–Crippen LogP) is 1.46. The molecule has 2 aliphatic heterocycles. The van der Waals surface area contributed by atoms with Gasteiger partial charge in [0.15, 0.2) is 0 Å². The number of carbonyl (C=O) groups excluding carboxylic acids is 6. The number of amides is 8. The molecule has 2 fully saturated rings. The molecule has 2 rings (SSSR count). The number of carbonyl (C=O) groups is 6. The molecule has 0 atom stereocenters. The average molecular weight is 515 g/mol. The zero-order valence-corrected chi connectivity index (χ0v) is 20.5. The van der Waals surface area contributed by atoms with Gasteiger partial charge in [-0.25, -0.2) is 0 Å². The van der Waals surface area contributed by atoms with Crippen molar-refractivity contribution < 1.29 is 28.8 Å². The first kappa shape index (κ1) is 23.3. The Morgan fingerprint density at radius 2 is 0.931 bits per heavy atom. The molecule has 160 valence electrons. The van der Waals surface area contributed by atoms with Gasteiger partial charge >= 0.3 is 174 Å². The van der Waals surface area contributed by atoms with Crippen LogP contribution in [0.25, 0.3) is 0 Å². The second-order valence-corrected chi connectivity index (χ2v) is 19.0. The molecule has 2 heterocycles. The number of urea groups is 2. The summed E-state index contributed by atoms with van der Waals surface area (Å²) < 4.78 is 1.90. The quantitative estimate of drug-likeness (QED) is 0.407. The van der Waals surface area contributed by atoms with Gasteiger partial charge in [0.25, 0.3) is 0 Å². The number of hydrogen-bond donors (Lipinski definition) is 2. The molecule has 0 aromatic rings. The second-order valence-electron chi connectivity index (χ2n) is 7.87. The molecular weight excluding hydrogens is 487 g/mol. The topological polar surface area (TPSA) is 133 Å². The van der Waals surface area contributed by atoms with Crippen molar-refractivity contribution in [1.82, 2.24) is 16.9 Å². The summed E-state index contributed by atoms with van der Waals surface area (Å²) in [7, 11) is 0. The van der Waals surface area contributed by atoms with E-state index >= 15 is 0 Å². The molecule has 29 heavy (non-hydrogen) atoms. The van der Waals surface area contributed by atoms with Crippen LogP contribution in [0.3, 0.4) is 0 Å². The van der Waals surface area contributed by atoms with E-state index in [1.807, 2.05) is 0 Å². The van der Waals surface area contributed by atoms with Crippen molar-refractivity contribution in [2.75, 3.05) is 0 Å². The van der Waals surface area contributed by atoms with Gasteiger partial charge in [0.05, 0.1) is 0 Å². The van der Waals surface area contributed by atoms with Crippen LogP contribution in [0.15, 0.2) is 0 Å². The third-order valence-electron chi connectivity index (χ3n) is 6.45. The van der Waals surface area contributed by atoms with Crippen molar-refractivity contribution in [3.63, 3.8) is 0 Å². The molecule has 2 aliphatic rings. The summed E-state index contributed by atoms with van der Waals surface area (Å²) in [6.45, 7) is 6.70. The van der Waals surface area contributed by atoms with Gasteiger partial charge < -0.3 is 0 Å². The second kappa shape index (κ2) is 7.69. The molecule has 0 aliphatic carbocycles. The fourth-order valence-corrected chi connectivity index (χ4v) is 12.0. The van der Waals surface area contributed by atoms with Crippen molar-refractivity contribution >= 4 is 54.6 Å². The number of nitrogens with zero attached hydrogens (tertiary/aromatic N) is 2. The number of rotatable bonds is 6. The molecule has 0 unspecified atom stereocenters. The van der Waals surface area contributed by atoms with Crippen molar-refractivity contribution in [2.24, 2.45) is 10.8 Å². The molecule has 0 aromatic heterocycles. The summed E-state index contributed by atoms with van der Waals surface area (Å²) in [5, 5.41) is 4.46. The van der Waals surface area contributed by atoms with E-state index < -0.39 is 65.4 Å². The molecule has 2 N–H and O–H groups in total. The van der Waals surface area contributed by atoms with Gasteiger partial charge in [-0.2, -0.15) is 0 Å². The van der Waals surface area contributed by atoms with Crippen molar-refractivity contribution in [3.8, 4) is 0 Å². The van der Waals surface area contributed by atoms with E-state index in [-0.39, 0.29) is 25.7 Å². The standard InChI is InChI=1S/2C8H12N2O3.2CH3.Sn/c2*1-3-8(4-2)5(11)9-7(13)10-6(8)12;;;/h2*3-4H2,1-2H3,(H2,9,10,11,12,13);2*1H3;/q;;;;+2/p-2. The summed E-state index contributed by atoms with van der Waals surface area (Å²) in [4.78, 5) is 80.1. The van der Waals surface area contributed by atoms with E-state index in [1.54, 1.807) is 37.6 Å². The molecular formula is C18H28N4O6Sn. The van der Waals surface area contributed by atoms with Crippen LogP contribution in [0.1, 0.15) is 53.4 Å². The Bertz CT molecular complexity index is 736. The summed E-state index contributed by atoms with van der Waals surface area (Å²) in [5.41, 5.74) is -2.86. The summed E-state index contributed by atoms with van der Waals surface area (Å²) in [6, 6.07) is -1.84. The summed E-state index contributed by atoms with van der Waals surface area (Å²) in [6.07, 6.45) is 0.692. The Hall–Kier alpha value is -1.98. The number of barbiturate groups is 2. The molecule has 2 saturated heterocycles. The van der Waals surface area contributed by atoms with Gasteiger partial charge in [-0.3, -0.25) is 0 Å². The Labute approximate surface area is 174 Å². The summed E-state index contributed by atoms with van der Waals surface area (Å²) >= 11 is -4.57. The number of imide groups is 4. The molecule has 11 heteroatoms. The third kappa shape index (κ3) is 3.06. The van der Waals surface area contributed by atoms with Crippen LogP contribution in [0, 0.1) is 10.8 Å². The maximum atomic E-state index is 13.4. The minimum atomic E-state index is -4.57. The van der Waals surface area contributed by atoms with Gasteiger partial charge in [-0.15, -0.1) is 0 Å². The van der Waals surface area contributed by atoms with Crippen molar-refractivity contribution in [3.05, 3.63) is 0 Å². The van der Waals surface area contributed by atoms with Crippen LogP contribution in [-0.4, -0.2) is 60.9 Å². The zero-order valence-electron chi connectivity index (χ0n) is 17.7. The molecule has 0 spiro atoms. The first-order chi connectivity index (χ1) is 13.4. The van der Waals surface area contributed by atoms with Gasteiger partial charge in [-0.05, 0) is 0 Å². The molecule has 10 nitrogen and oxygen atoms in total. The Balaban J connectivity index is 2.60. The average Bonchev–Trinajstić information content (AvgIpc) is 2.62. The number of nitrogens with one attached hydrogen (secondary N) is 2. The Morgan fingerprint density at radius 1 is 0.655 bits per heavy atom. The van der Waals surface area contributed by atoms with Gasteiger partial charge in [0, 0.05) is 0 Å². The van der Waals surface area contributed by atoms with E-state index in [0.717, 1.165) is 6.24 Å². The maximum absolute atomic E-state index is 13.4. The molecule has 0 radical (unpaired) electrons. The van der Waals surface area contributed by atoms with E-state index in [0.29, 0.717) is 0 Å². The normalized spacial score (nSPS) is 22.0. The zero-order chi connectivity index (χ0) is 22.4. The van der Waals surface area contributed by atoms with Crippen LogP contribution in [-0.2, 0) is 19.2 Å². The van der Waals surface area contributed by atoms with Crippen LogP contribution in [0.2, 0.25) is 9.88 Å². The first-order valence-electron chi connectivity index (χ1n) is 9.81. The van der Waals surface area contributed by atoms with Crippen LogP contribution in [0.4, 0.5) is 9.59 Å².